The normalized spacial score (nSPS) is 11.5. The Kier molecular flexibility index (Phi) is 5.77. The molecule has 2 N–H and O–H groups in total. The largest absolute Gasteiger partial charge is 0.489 e. The quantitative estimate of drug-likeness (QED) is 0.363. The molecule has 8 heteroatoms. The van der Waals surface area contributed by atoms with Crippen LogP contribution in [0.3, 0.4) is 0 Å². The van der Waals surface area contributed by atoms with E-state index in [2.05, 4.69) is 44.7 Å². The van der Waals surface area contributed by atoms with E-state index in [1.165, 1.54) is 6.20 Å². The number of nitrogens with one attached hydrogen (secondary N) is 1. The molecular weight excluding hydrogens is 440 g/mol. The number of rotatable bonds is 7. The van der Waals surface area contributed by atoms with Crippen molar-refractivity contribution in [2.24, 2.45) is 0 Å². The highest BCUT2D eigenvalue weighted by Gasteiger charge is 2.17. The van der Waals surface area contributed by atoms with Crippen LogP contribution in [-0.4, -0.2) is 36.9 Å². The number of nitrogens with zero attached hydrogens (tertiary/aromatic N) is 5. The van der Waals surface area contributed by atoms with Crippen molar-refractivity contribution in [2.75, 3.05) is 11.9 Å². The molecule has 0 bridgehead atoms. The zero-order valence-electron chi connectivity index (χ0n) is 19.4. The standard InChI is InChI=1S/C27H24N6O2/c1-27(2,34)17-35-22-11-23(26-21(12-28)15-32-33(26)16-22)20-7-8-25(31-14-20)30-13-18-5-6-19-4-3-9-29-24(19)10-18/h3-11,14-16,34H,13,17H2,1-2H3,(H,30,31). The van der Waals surface area contributed by atoms with Crippen LogP contribution in [0.2, 0.25) is 0 Å². The van der Waals surface area contributed by atoms with Gasteiger partial charge in [0.2, 0.25) is 0 Å². The number of hydrogen-bond acceptors (Lipinski definition) is 7. The molecule has 0 saturated heterocycles. The summed E-state index contributed by atoms with van der Waals surface area (Å²) in [5, 5.41) is 28.3. The van der Waals surface area contributed by atoms with Gasteiger partial charge < -0.3 is 15.2 Å². The zero-order chi connectivity index (χ0) is 24.4. The monoisotopic (exact) mass is 464 g/mol. The molecule has 4 heterocycles. The summed E-state index contributed by atoms with van der Waals surface area (Å²) in [6.45, 7) is 4.09. The van der Waals surface area contributed by atoms with E-state index in [0.29, 0.717) is 23.4 Å². The molecule has 0 fully saturated rings. The van der Waals surface area contributed by atoms with Crippen LogP contribution in [0.25, 0.3) is 27.5 Å². The number of fused-ring (bicyclic) bond motifs is 2. The van der Waals surface area contributed by atoms with Crippen LogP contribution in [0, 0.1) is 11.3 Å². The van der Waals surface area contributed by atoms with Gasteiger partial charge in [-0.15, -0.1) is 0 Å². The Bertz CT molecular complexity index is 1540. The maximum absolute atomic E-state index is 10.0. The van der Waals surface area contributed by atoms with E-state index < -0.39 is 5.60 Å². The average Bonchev–Trinajstić information content (AvgIpc) is 3.29. The molecule has 0 saturated carbocycles. The summed E-state index contributed by atoms with van der Waals surface area (Å²) in [5.41, 5.74) is 3.81. The summed E-state index contributed by atoms with van der Waals surface area (Å²) in [6.07, 6.45) is 6.78. The molecule has 174 valence electrons. The van der Waals surface area contributed by atoms with E-state index in [4.69, 9.17) is 4.74 Å². The fourth-order valence-electron chi connectivity index (χ4n) is 3.81. The van der Waals surface area contributed by atoms with Crippen molar-refractivity contribution in [2.45, 2.75) is 26.0 Å². The first kappa shape index (κ1) is 22.3. The van der Waals surface area contributed by atoms with Gasteiger partial charge in [-0.25, -0.2) is 9.50 Å². The summed E-state index contributed by atoms with van der Waals surface area (Å²) < 4.78 is 7.41. The Labute approximate surface area is 202 Å². The van der Waals surface area contributed by atoms with Gasteiger partial charge in [-0.1, -0.05) is 18.2 Å². The lowest BCUT2D eigenvalue weighted by Gasteiger charge is -2.18. The van der Waals surface area contributed by atoms with Gasteiger partial charge in [0.25, 0.3) is 0 Å². The van der Waals surface area contributed by atoms with E-state index in [1.54, 1.807) is 37.0 Å². The Morgan fingerprint density at radius 3 is 2.77 bits per heavy atom. The number of hydrogen-bond donors (Lipinski definition) is 2. The molecule has 0 radical (unpaired) electrons. The van der Waals surface area contributed by atoms with Gasteiger partial charge >= 0.3 is 0 Å². The third-order valence-corrected chi connectivity index (χ3v) is 5.52. The molecule has 5 rings (SSSR count). The molecule has 35 heavy (non-hydrogen) atoms. The van der Waals surface area contributed by atoms with Gasteiger partial charge in [-0.2, -0.15) is 10.4 Å². The second kappa shape index (κ2) is 9.05. The van der Waals surface area contributed by atoms with Crippen LogP contribution >= 0.6 is 0 Å². The summed E-state index contributed by atoms with van der Waals surface area (Å²) in [6, 6.07) is 18.1. The minimum absolute atomic E-state index is 0.121. The van der Waals surface area contributed by atoms with Gasteiger partial charge in [0, 0.05) is 35.5 Å². The number of aliphatic hydroxyl groups is 1. The first-order valence-corrected chi connectivity index (χ1v) is 11.2. The first-order chi connectivity index (χ1) is 16.9. The van der Waals surface area contributed by atoms with Crippen molar-refractivity contribution in [3.05, 3.63) is 84.4 Å². The molecule has 0 unspecified atom stereocenters. The van der Waals surface area contributed by atoms with Crippen molar-refractivity contribution in [3.63, 3.8) is 0 Å². The Morgan fingerprint density at radius 2 is 2.00 bits per heavy atom. The molecular formula is C27H24N6O2. The number of benzene rings is 1. The Morgan fingerprint density at radius 1 is 1.11 bits per heavy atom. The molecule has 0 spiro atoms. The number of nitriles is 1. The molecule has 0 aliphatic rings. The summed E-state index contributed by atoms with van der Waals surface area (Å²) in [5.74, 6) is 1.27. The highest BCUT2D eigenvalue weighted by molar-refractivity contribution is 5.85. The van der Waals surface area contributed by atoms with Gasteiger partial charge in [-0.3, -0.25) is 4.98 Å². The fourth-order valence-corrected chi connectivity index (χ4v) is 3.81. The molecule has 0 atom stereocenters. The second-order valence-corrected chi connectivity index (χ2v) is 8.97. The van der Waals surface area contributed by atoms with Crippen molar-refractivity contribution in [1.82, 2.24) is 19.6 Å². The Hall–Kier alpha value is -4.48. The number of pyridine rings is 3. The average molecular weight is 465 g/mol. The zero-order valence-corrected chi connectivity index (χ0v) is 19.4. The van der Waals surface area contributed by atoms with Crippen molar-refractivity contribution in [1.29, 1.82) is 5.26 Å². The SMILES string of the molecule is CC(C)(O)COc1cc(-c2ccc(NCc3ccc4cccnc4c3)nc2)c2c(C#N)cnn2c1. The minimum Gasteiger partial charge on any atom is -0.489 e. The van der Waals surface area contributed by atoms with Crippen molar-refractivity contribution in [3.8, 4) is 22.9 Å². The summed E-state index contributed by atoms with van der Waals surface area (Å²) in [7, 11) is 0. The van der Waals surface area contributed by atoms with Crippen LogP contribution in [-0.2, 0) is 6.54 Å². The fraction of sp³-hybridized carbons (Fsp3) is 0.185. The van der Waals surface area contributed by atoms with Gasteiger partial charge in [0.05, 0.1) is 34.6 Å². The number of ether oxygens (including phenoxy) is 1. The van der Waals surface area contributed by atoms with Gasteiger partial charge in [-0.05, 0) is 49.7 Å². The third kappa shape index (κ3) is 4.90. The smallest absolute Gasteiger partial charge is 0.138 e. The molecule has 0 aliphatic heterocycles. The molecule has 8 nitrogen and oxygen atoms in total. The third-order valence-electron chi connectivity index (χ3n) is 5.52. The van der Waals surface area contributed by atoms with Crippen LogP contribution in [0.15, 0.2) is 73.3 Å². The van der Waals surface area contributed by atoms with Crippen LogP contribution < -0.4 is 10.1 Å². The topological polar surface area (TPSA) is 108 Å². The first-order valence-electron chi connectivity index (χ1n) is 11.2. The highest BCUT2D eigenvalue weighted by atomic mass is 16.5. The van der Waals surface area contributed by atoms with Crippen LogP contribution in [0.5, 0.6) is 5.75 Å². The molecule has 0 amide bonds. The van der Waals surface area contributed by atoms with Crippen molar-refractivity contribution < 1.29 is 9.84 Å². The summed E-state index contributed by atoms with van der Waals surface area (Å²) in [4.78, 5) is 8.99. The lowest BCUT2D eigenvalue weighted by Crippen LogP contribution is -2.27. The molecule has 5 aromatic rings. The predicted molar refractivity (Wildman–Crippen MR) is 134 cm³/mol. The highest BCUT2D eigenvalue weighted by Crippen LogP contribution is 2.31. The molecule has 0 aliphatic carbocycles. The maximum Gasteiger partial charge on any atom is 0.138 e. The van der Waals surface area contributed by atoms with E-state index in [1.807, 2.05) is 30.3 Å². The second-order valence-electron chi connectivity index (χ2n) is 8.97. The lowest BCUT2D eigenvalue weighted by atomic mass is 10.1. The van der Waals surface area contributed by atoms with Gasteiger partial charge in [0.1, 0.15) is 24.2 Å². The maximum atomic E-state index is 10.0. The van der Waals surface area contributed by atoms with Crippen LogP contribution in [0.1, 0.15) is 25.0 Å². The van der Waals surface area contributed by atoms with E-state index in [0.717, 1.165) is 33.4 Å². The number of anilines is 1. The summed E-state index contributed by atoms with van der Waals surface area (Å²) >= 11 is 0. The van der Waals surface area contributed by atoms with E-state index in [-0.39, 0.29) is 6.61 Å². The number of aromatic nitrogens is 4. The Balaban J connectivity index is 1.40. The van der Waals surface area contributed by atoms with E-state index in [9.17, 15) is 10.4 Å². The van der Waals surface area contributed by atoms with Crippen LogP contribution in [0.4, 0.5) is 5.82 Å². The molecule has 1 aromatic carbocycles. The van der Waals surface area contributed by atoms with E-state index >= 15 is 0 Å². The minimum atomic E-state index is -0.979. The predicted octanol–water partition coefficient (Wildman–Crippen LogP) is 4.58. The van der Waals surface area contributed by atoms with Crippen molar-refractivity contribution >= 4 is 22.2 Å². The van der Waals surface area contributed by atoms with Gasteiger partial charge in [0.15, 0.2) is 0 Å². The lowest BCUT2D eigenvalue weighted by molar-refractivity contribution is 0.0283. The molecule has 4 aromatic heterocycles.